The van der Waals surface area contributed by atoms with Gasteiger partial charge in [-0.3, -0.25) is 0 Å². The third-order valence-electron chi connectivity index (χ3n) is 4.30. The van der Waals surface area contributed by atoms with Crippen LogP contribution in [0.15, 0.2) is 47.6 Å². The summed E-state index contributed by atoms with van der Waals surface area (Å²) in [7, 11) is -3.83. The Morgan fingerprint density at radius 1 is 1.03 bits per heavy atom. The monoisotopic (exact) mass is 454 g/mol. The van der Waals surface area contributed by atoms with Crippen LogP contribution in [-0.4, -0.2) is 59.1 Å². The Kier molecular flexibility index (Phi) is 5.70. The number of tetrazole rings is 1. The number of piperazine rings is 1. The molecule has 2 heterocycles. The first-order valence-electron chi connectivity index (χ1n) is 8.66. The van der Waals surface area contributed by atoms with E-state index in [1.807, 2.05) is 0 Å². The number of halogens is 2. The van der Waals surface area contributed by atoms with Gasteiger partial charge in [0.25, 0.3) is 0 Å². The van der Waals surface area contributed by atoms with Crippen molar-refractivity contribution >= 4 is 33.2 Å². The number of ether oxygens (including phenoxy) is 1. The minimum atomic E-state index is -3.83. The molecule has 0 bridgehead atoms. The molecule has 0 radical (unpaired) electrons. The molecule has 2 aromatic carbocycles. The SMILES string of the molecule is O=S(=O)(c1cc(-n2cnnn2)ccc1Oc1cc(Cl)cc(Cl)c1)N1CCNCC1. The molecule has 0 atom stereocenters. The van der Waals surface area contributed by atoms with Crippen LogP contribution in [0.5, 0.6) is 11.5 Å². The molecule has 0 unspecified atom stereocenters. The zero-order valence-electron chi connectivity index (χ0n) is 15.0. The van der Waals surface area contributed by atoms with E-state index in [0.717, 1.165) is 0 Å². The second-order valence-electron chi connectivity index (χ2n) is 6.25. The first-order chi connectivity index (χ1) is 13.9. The van der Waals surface area contributed by atoms with Gasteiger partial charge in [0, 0.05) is 36.2 Å². The largest absolute Gasteiger partial charge is 0.456 e. The van der Waals surface area contributed by atoms with Crippen molar-refractivity contribution in [2.45, 2.75) is 4.90 Å². The van der Waals surface area contributed by atoms with E-state index in [1.54, 1.807) is 30.3 Å². The number of hydrogen-bond donors (Lipinski definition) is 1. The highest BCUT2D eigenvalue weighted by atomic mass is 35.5. The van der Waals surface area contributed by atoms with E-state index in [9.17, 15) is 8.42 Å². The zero-order chi connectivity index (χ0) is 20.4. The molecule has 3 aromatic rings. The molecular formula is C17H16Cl2N6O3S. The third-order valence-corrected chi connectivity index (χ3v) is 6.65. The van der Waals surface area contributed by atoms with Gasteiger partial charge in [0.15, 0.2) is 0 Å². The van der Waals surface area contributed by atoms with Crippen LogP contribution >= 0.6 is 23.2 Å². The van der Waals surface area contributed by atoms with Crippen LogP contribution in [0.1, 0.15) is 0 Å². The Morgan fingerprint density at radius 3 is 2.41 bits per heavy atom. The average Bonchev–Trinajstić information content (AvgIpc) is 3.23. The van der Waals surface area contributed by atoms with Crippen molar-refractivity contribution in [2.75, 3.05) is 26.2 Å². The standard InChI is InChI=1S/C17H16Cl2N6O3S/c18-12-7-13(19)9-15(8-12)28-16-2-1-14(25-11-21-22-23-25)10-17(16)29(26,27)24-5-3-20-4-6-24/h1-2,7-11,20H,3-6H2. The Bertz CT molecular complexity index is 1100. The second kappa shape index (κ2) is 8.25. The summed E-state index contributed by atoms with van der Waals surface area (Å²) < 4.78 is 35.4. The Labute approximate surface area is 177 Å². The van der Waals surface area contributed by atoms with Gasteiger partial charge in [-0.2, -0.15) is 4.31 Å². The lowest BCUT2D eigenvalue weighted by molar-refractivity contribution is 0.358. The minimum absolute atomic E-state index is 0.00324. The van der Waals surface area contributed by atoms with Gasteiger partial charge in [-0.15, -0.1) is 5.10 Å². The molecule has 0 spiro atoms. The van der Waals surface area contributed by atoms with E-state index in [0.29, 0.717) is 47.7 Å². The average molecular weight is 455 g/mol. The van der Waals surface area contributed by atoms with Crippen LogP contribution in [0, 0.1) is 0 Å². The topological polar surface area (TPSA) is 102 Å². The fourth-order valence-electron chi connectivity index (χ4n) is 2.94. The summed E-state index contributed by atoms with van der Waals surface area (Å²) in [6.07, 6.45) is 1.38. The third kappa shape index (κ3) is 4.36. The maximum absolute atomic E-state index is 13.4. The van der Waals surface area contributed by atoms with Gasteiger partial charge >= 0.3 is 0 Å². The molecule has 152 valence electrons. The fourth-order valence-corrected chi connectivity index (χ4v) is 5.02. The number of rotatable bonds is 5. The van der Waals surface area contributed by atoms with Crippen molar-refractivity contribution in [1.29, 1.82) is 0 Å². The maximum atomic E-state index is 13.4. The molecule has 12 heteroatoms. The minimum Gasteiger partial charge on any atom is -0.456 e. The second-order valence-corrected chi connectivity index (χ2v) is 9.03. The summed E-state index contributed by atoms with van der Waals surface area (Å²) in [5.74, 6) is 0.480. The van der Waals surface area contributed by atoms with Gasteiger partial charge < -0.3 is 10.1 Å². The Hall–Kier alpha value is -2.24. The Morgan fingerprint density at radius 2 is 1.76 bits per heavy atom. The van der Waals surface area contributed by atoms with Crippen molar-refractivity contribution in [1.82, 2.24) is 29.8 Å². The van der Waals surface area contributed by atoms with Crippen LogP contribution in [-0.2, 0) is 10.0 Å². The molecule has 1 fully saturated rings. The predicted molar refractivity (Wildman–Crippen MR) is 107 cm³/mol. The molecule has 1 aliphatic heterocycles. The molecule has 1 aromatic heterocycles. The van der Waals surface area contributed by atoms with Gasteiger partial charge in [0.2, 0.25) is 10.0 Å². The van der Waals surface area contributed by atoms with Gasteiger partial charge in [0.05, 0.1) is 5.69 Å². The smallest absolute Gasteiger partial charge is 0.246 e. The van der Waals surface area contributed by atoms with Gasteiger partial charge in [-0.1, -0.05) is 23.2 Å². The van der Waals surface area contributed by atoms with Crippen molar-refractivity contribution in [3.05, 3.63) is 52.8 Å². The van der Waals surface area contributed by atoms with E-state index in [4.69, 9.17) is 27.9 Å². The highest BCUT2D eigenvalue weighted by Crippen LogP contribution is 2.34. The summed E-state index contributed by atoms with van der Waals surface area (Å²) >= 11 is 12.1. The van der Waals surface area contributed by atoms with Crippen LogP contribution in [0.25, 0.3) is 5.69 Å². The molecule has 1 N–H and O–H groups in total. The molecular weight excluding hydrogens is 439 g/mol. The van der Waals surface area contributed by atoms with Crippen molar-refractivity contribution in [2.24, 2.45) is 0 Å². The lowest BCUT2D eigenvalue weighted by Crippen LogP contribution is -2.46. The van der Waals surface area contributed by atoms with Gasteiger partial charge in [0.1, 0.15) is 22.7 Å². The summed E-state index contributed by atoms with van der Waals surface area (Å²) in [6, 6.07) is 9.38. The van der Waals surface area contributed by atoms with E-state index in [2.05, 4.69) is 20.8 Å². The molecule has 0 saturated carbocycles. The lowest BCUT2D eigenvalue weighted by atomic mass is 10.3. The van der Waals surface area contributed by atoms with E-state index >= 15 is 0 Å². The van der Waals surface area contributed by atoms with E-state index < -0.39 is 10.0 Å². The quantitative estimate of drug-likeness (QED) is 0.630. The number of nitrogens with one attached hydrogen (secondary N) is 1. The van der Waals surface area contributed by atoms with Crippen molar-refractivity contribution < 1.29 is 13.2 Å². The lowest BCUT2D eigenvalue weighted by Gasteiger charge is -2.27. The molecule has 1 aliphatic rings. The van der Waals surface area contributed by atoms with Gasteiger partial charge in [-0.25, -0.2) is 13.1 Å². The normalized spacial score (nSPS) is 15.4. The first-order valence-corrected chi connectivity index (χ1v) is 10.9. The Balaban J connectivity index is 1.79. The molecule has 0 aliphatic carbocycles. The highest BCUT2D eigenvalue weighted by molar-refractivity contribution is 7.89. The predicted octanol–water partition coefficient (Wildman–Crippen LogP) is 2.36. The maximum Gasteiger partial charge on any atom is 0.246 e. The summed E-state index contributed by atoms with van der Waals surface area (Å²) in [5, 5.41) is 14.9. The number of sulfonamides is 1. The van der Waals surface area contributed by atoms with Crippen LogP contribution in [0.2, 0.25) is 10.0 Å². The summed E-state index contributed by atoms with van der Waals surface area (Å²) in [4.78, 5) is 0.00324. The number of benzene rings is 2. The van der Waals surface area contributed by atoms with Crippen molar-refractivity contribution in [3.8, 4) is 17.2 Å². The highest BCUT2D eigenvalue weighted by Gasteiger charge is 2.30. The number of hydrogen-bond acceptors (Lipinski definition) is 7. The van der Waals surface area contributed by atoms with Crippen LogP contribution < -0.4 is 10.1 Å². The molecule has 29 heavy (non-hydrogen) atoms. The molecule has 9 nitrogen and oxygen atoms in total. The number of nitrogens with zero attached hydrogens (tertiary/aromatic N) is 5. The van der Waals surface area contributed by atoms with E-state index in [-0.39, 0.29) is 10.6 Å². The van der Waals surface area contributed by atoms with Crippen LogP contribution in [0.4, 0.5) is 0 Å². The van der Waals surface area contributed by atoms with E-state index in [1.165, 1.54) is 21.4 Å². The van der Waals surface area contributed by atoms with Crippen molar-refractivity contribution in [3.63, 3.8) is 0 Å². The fraction of sp³-hybridized carbons (Fsp3) is 0.235. The van der Waals surface area contributed by atoms with Gasteiger partial charge in [-0.05, 0) is 46.8 Å². The summed E-state index contributed by atoms with van der Waals surface area (Å²) in [5.41, 5.74) is 0.486. The zero-order valence-corrected chi connectivity index (χ0v) is 17.3. The summed E-state index contributed by atoms with van der Waals surface area (Å²) in [6.45, 7) is 1.87. The molecule has 0 amide bonds. The molecule has 4 rings (SSSR count). The van der Waals surface area contributed by atoms with Crippen LogP contribution in [0.3, 0.4) is 0 Å². The molecule has 1 saturated heterocycles. The first kappa shape index (κ1) is 20.0. The number of aromatic nitrogens is 4.